The van der Waals surface area contributed by atoms with E-state index in [4.69, 9.17) is 5.73 Å². The minimum Gasteiger partial charge on any atom is -0.508 e. The van der Waals surface area contributed by atoms with Crippen LogP contribution in [0, 0.1) is 0 Å². The van der Waals surface area contributed by atoms with Crippen molar-refractivity contribution in [1.82, 2.24) is 0 Å². The Kier molecular flexibility index (Phi) is 2.71. The first-order chi connectivity index (χ1) is 5.63. The maximum absolute atomic E-state index is 9.32. The van der Waals surface area contributed by atoms with Crippen LogP contribution in [0.1, 0.15) is 31.0 Å². The van der Waals surface area contributed by atoms with Crippen molar-refractivity contribution in [2.45, 2.75) is 26.3 Å². The molecule has 0 bridgehead atoms. The normalized spacial score (nSPS) is 12.9. The van der Waals surface area contributed by atoms with Crippen molar-refractivity contribution >= 4 is 0 Å². The van der Waals surface area contributed by atoms with Gasteiger partial charge >= 0.3 is 0 Å². The van der Waals surface area contributed by atoms with E-state index in [0.717, 1.165) is 17.5 Å². The highest BCUT2D eigenvalue weighted by Crippen LogP contribution is 2.19. The number of aryl methyl sites for hydroxylation is 1. The van der Waals surface area contributed by atoms with Crippen LogP contribution >= 0.6 is 0 Å². The lowest BCUT2D eigenvalue weighted by Crippen LogP contribution is -2.05. The Morgan fingerprint density at radius 3 is 2.58 bits per heavy atom. The maximum Gasteiger partial charge on any atom is 0.116 e. The summed E-state index contributed by atoms with van der Waals surface area (Å²) in [6.07, 6.45) is 0.925. The number of aromatic hydroxyl groups is 1. The maximum atomic E-state index is 9.32. The van der Waals surface area contributed by atoms with Gasteiger partial charge in [-0.2, -0.15) is 0 Å². The summed E-state index contributed by atoms with van der Waals surface area (Å²) in [6.45, 7) is 3.97. The molecule has 0 heterocycles. The average Bonchev–Trinajstić information content (AvgIpc) is 2.03. The van der Waals surface area contributed by atoms with E-state index >= 15 is 0 Å². The molecule has 1 rings (SSSR count). The standard InChI is InChI=1S/C10H15NO/c1-3-8-4-9(7(2)11)6-10(12)5-8/h4-7,12H,3,11H2,1-2H3. The molecule has 0 spiro atoms. The average molecular weight is 165 g/mol. The van der Waals surface area contributed by atoms with Crippen molar-refractivity contribution in [2.24, 2.45) is 5.73 Å². The van der Waals surface area contributed by atoms with Crippen molar-refractivity contribution in [3.05, 3.63) is 29.3 Å². The molecule has 0 saturated heterocycles. The third-order valence-corrected chi connectivity index (χ3v) is 1.93. The van der Waals surface area contributed by atoms with Gasteiger partial charge in [-0.1, -0.05) is 13.0 Å². The van der Waals surface area contributed by atoms with Crippen molar-refractivity contribution in [3.8, 4) is 5.75 Å². The number of phenolic OH excluding ortho intramolecular Hbond substituents is 1. The third-order valence-electron chi connectivity index (χ3n) is 1.93. The van der Waals surface area contributed by atoms with Crippen LogP contribution in [0.15, 0.2) is 18.2 Å². The van der Waals surface area contributed by atoms with Crippen molar-refractivity contribution in [3.63, 3.8) is 0 Å². The highest BCUT2D eigenvalue weighted by atomic mass is 16.3. The Balaban J connectivity index is 3.06. The van der Waals surface area contributed by atoms with E-state index < -0.39 is 0 Å². The molecule has 0 radical (unpaired) electrons. The van der Waals surface area contributed by atoms with Gasteiger partial charge in [0.25, 0.3) is 0 Å². The Labute approximate surface area is 73.0 Å². The number of benzene rings is 1. The monoisotopic (exact) mass is 165 g/mol. The van der Waals surface area contributed by atoms with Gasteiger partial charge in [-0.05, 0) is 36.6 Å². The number of nitrogens with two attached hydrogens (primary N) is 1. The van der Waals surface area contributed by atoms with Gasteiger partial charge in [0, 0.05) is 6.04 Å². The molecule has 66 valence electrons. The quantitative estimate of drug-likeness (QED) is 0.703. The molecule has 1 aromatic carbocycles. The summed E-state index contributed by atoms with van der Waals surface area (Å²) >= 11 is 0. The second-order valence-electron chi connectivity index (χ2n) is 3.08. The van der Waals surface area contributed by atoms with Gasteiger partial charge in [0.2, 0.25) is 0 Å². The molecular weight excluding hydrogens is 150 g/mol. The smallest absolute Gasteiger partial charge is 0.116 e. The summed E-state index contributed by atoms with van der Waals surface area (Å²) in [7, 11) is 0. The van der Waals surface area contributed by atoms with Crippen LogP contribution < -0.4 is 5.73 Å². The predicted octanol–water partition coefficient (Wildman–Crippen LogP) is 1.97. The van der Waals surface area contributed by atoms with Crippen LogP contribution in [0.2, 0.25) is 0 Å². The van der Waals surface area contributed by atoms with E-state index in [1.165, 1.54) is 0 Å². The molecule has 2 nitrogen and oxygen atoms in total. The van der Waals surface area contributed by atoms with Crippen molar-refractivity contribution in [1.29, 1.82) is 0 Å². The molecule has 0 aliphatic heterocycles. The lowest BCUT2D eigenvalue weighted by atomic mass is 10.0. The van der Waals surface area contributed by atoms with Crippen LogP contribution in [-0.4, -0.2) is 5.11 Å². The lowest BCUT2D eigenvalue weighted by molar-refractivity contribution is 0.473. The SMILES string of the molecule is CCc1cc(O)cc(C(C)N)c1. The zero-order valence-electron chi connectivity index (χ0n) is 7.54. The molecule has 0 aromatic heterocycles. The zero-order valence-corrected chi connectivity index (χ0v) is 7.54. The lowest BCUT2D eigenvalue weighted by Gasteiger charge is -2.08. The Bertz CT molecular complexity index is 269. The van der Waals surface area contributed by atoms with Crippen molar-refractivity contribution < 1.29 is 5.11 Å². The molecule has 0 saturated carbocycles. The number of phenols is 1. The van der Waals surface area contributed by atoms with E-state index in [1.54, 1.807) is 12.1 Å². The minimum absolute atomic E-state index is 0.0117. The first-order valence-electron chi connectivity index (χ1n) is 4.22. The van der Waals surface area contributed by atoms with Gasteiger partial charge in [-0.3, -0.25) is 0 Å². The minimum atomic E-state index is -0.0117. The summed E-state index contributed by atoms with van der Waals surface area (Å²) in [5.41, 5.74) is 7.81. The summed E-state index contributed by atoms with van der Waals surface area (Å²) < 4.78 is 0. The van der Waals surface area contributed by atoms with E-state index in [-0.39, 0.29) is 6.04 Å². The molecule has 0 fully saturated rings. The van der Waals surface area contributed by atoms with Crippen LogP contribution in [-0.2, 0) is 6.42 Å². The molecule has 0 aliphatic carbocycles. The van der Waals surface area contributed by atoms with Gasteiger partial charge in [-0.25, -0.2) is 0 Å². The molecule has 3 N–H and O–H groups in total. The summed E-state index contributed by atoms with van der Waals surface area (Å²) in [6, 6.07) is 5.50. The Morgan fingerprint density at radius 2 is 2.08 bits per heavy atom. The summed E-state index contributed by atoms with van der Waals surface area (Å²) in [5, 5.41) is 9.32. The Hall–Kier alpha value is -1.02. The molecular formula is C10H15NO. The topological polar surface area (TPSA) is 46.2 Å². The number of rotatable bonds is 2. The van der Waals surface area contributed by atoms with Gasteiger partial charge in [0.1, 0.15) is 5.75 Å². The largest absolute Gasteiger partial charge is 0.508 e. The molecule has 0 amide bonds. The molecule has 12 heavy (non-hydrogen) atoms. The van der Waals surface area contributed by atoms with Gasteiger partial charge < -0.3 is 10.8 Å². The highest BCUT2D eigenvalue weighted by Gasteiger charge is 2.02. The molecule has 2 heteroatoms. The zero-order chi connectivity index (χ0) is 9.14. The third kappa shape index (κ3) is 1.98. The molecule has 0 aliphatic rings. The summed E-state index contributed by atoms with van der Waals surface area (Å²) in [4.78, 5) is 0. The second-order valence-corrected chi connectivity index (χ2v) is 3.08. The Morgan fingerprint density at radius 1 is 1.42 bits per heavy atom. The first-order valence-corrected chi connectivity index (χ1v) is 4.22. The summed E-state index contributed by atoms with van der Waals surface area (Å²) in [5.74, 6) is 0.307. The fourth-order valence-electron chi connectivity index (χ4n) is 1.17. The van der Waals surface area contributed by atoms with E-state index in [2.05, 4.69) is 6.92 Å². The van der Waals surface area contributed by atoms with Crippen LogP contribution in [0.4, 0.5) is 0 Å². The second kappa shape index (κ2) is 3.59. The fraction of sp³-hybridized carbons (Fsp3) is 0.400. The van der Waals surface area contributed by atoms with E-state index in [0.29, 0.717) is 5.75 Å². The first kappa shape index (κ1) is 9.07. The fourth-order valence-corrected chi connectivity index (χ4v) is 1.17. The molecule has 1 unspecified atom stereocenters. The van der Waals surface area contributed by atoms with E-state index in [9.17, 15) is 5.11 Å². The van der Waals surface area contributed by atoms with Crippen LogP contribution in [0.25, 0.3) is 0 Å². The highest BCUT2D eigenvalue weighted by molar-refractivity contribution is 5.34. The number of hydrogen-bond acceptors (Lipinski definition) is 2. The number of hydrogen-bond donors (Lipinski definition) is 2. The van der Waals surface area contributed by atoms with Gasteiger partial charge in [0.05, 0.1) is 0 Å². The van der Waals surface area contributed by atoms with Crippen molar-refractivity contribution in [2.75, 3.05) is 0 Å². The predicted molar refractivity (Wildman–Crippen MR) is 50.1 cm³/mol. The van der Waals surface area contributed by atoms with E-state index in [1.807, 2.05) is 13.0 Å². The van der Waals surface area contributed by atoms with Crippen LogP contribution in [0.5, 0.6) is 5.75 Å². The molecule has 1 aromatic rings. The van der Waals surface area contributed by atoms with Gasteiger partial charge in [-0.15, -0.1) is 0 Å². The molecule has 1 atom stereocenters. The van der Waals surface area contributed by atoms with Crippen LogP contribution in [0.3, 0.4) is 0 Å². The van der Waals surface area contributed by atoms with Gasteiger partial charge in [0.15, 0.2) is 0 Å².